The highest BCUT2D eigenvalue weighted by atomic mass is 19.4. The third-order valence-corrected chi connectivity index (χ3v) is 6.23. The van der Waals surface area contributed by atoms with Crippen molar-refractivity contribution in [3.8, 4) is 0 Å². The maximum absolute atomic E-state index is 13.4. The fraction of sp³-hybridized carbons (Fsp3) is 0.455. The lowest BCUT2D eigenvalue weighted by atomic mass is 10.1. The van der Waals surface area contributed by atoms with Crippen LogP contribution >= 0.6 is 0 Å². The Morgan fingerprint density at radius 1 is 0.950 bits per heavy atom. The van der Waals surface area contributed by atoms with Crippen molar-refractivity contribution in [1.29, 1.82) is 0 Å². The van der Waals surface area contributed by atoms with E-state index in [-0.39, 0.29) is 24.3 Å². The number of carbonyl (C=O) groups excluding carboxylic acids is 2. The molecule has 0 aliphatic carbocycles. The van der Waals surface area contributed by atoms with Crippen LogP contribution in [0.3, 0.4) is 0 Å². The van der Waals surface area contributed by atoms with Crippen LogP contribution in [0.5, 0.6) is 0 Å². The zero-order valence-corrected chi connectivity index (χ0v) is 20.9. The molecule has 0 spiro atoms. The Bertz CT molecular complexity index is 1430. The third-order valence-electron chi connectivity index (χ3n) is 6.23. The van der Waals surface area contributed by atoms with Gasteiger partial charge >= 0.3 is 30.0 Å². The zero-order chi connectivity index (χ0) is 29.6. The summed E-state index contributed by atoms with van der Waals surface area (Å²) in [5.41, 5.74) is -2.47. The van der Waals surface area contributed by atoms with Gasteiger partial charge in [-0.1, -0.05) is 18.2 Å². The number of nitrogens with zero attached hydrogens (tertiary/aromatic N) is 5. The normalized spacial score (nSPS) is 18.1. The fourth-order valence-electron chi connectivity index (χ4n) is 4.40. The van der Waals surface area contributed by atoms with Gasteiger partial charge in [0.05, 0.1) is 5.69 Å². The van der Waals surface area contributed by atoms with Crippen molar-refractivity contribution >= 4 is 29.1 Å². The van der Waals surface area contributed by atoms with E-state index in [1.807, 2.05) is 0 Å². The average Bonchev–Trinajstić information content (AvgIpc) is 3.23. The summed E-state index contributed by atoms with van der Waals surface area (Å²) in [7, 11) is 2.26. The first-order chi connectivity index (χ1) is 18.6. The van der Waals surface area contributed by atoms with Gasteiger partial charge in [0.1, 0.15) is 6.61 Å². The van der Waals surface area contributed by atoms with Crippen molar-refractivity contribution in [1.82, 2.24) is 19.4 Å². The lowest BCUT2D eigenvalue weighted by molar-refractivity contribution is -0.203. The Balaban J connectivity index is 1.94. The number of hydrogen-bond donors (Lipinski definition) is 1. The molecule has 18 heteroatoms. The number of fused-ring (bicyclic) bond motifs is 1. The number of piperazine rings is 1. The molecule has 0 bridgehead atoms. The molecule has 2 aliphatic heterocycles. The van der Waals surface area contributed by atoms with Crippen molar-refractivity contribution < 1.29 is 45.5 Å². The molecule has 3 heterocycles. The van der Waals surface area contributed by atoms with Crippen LogP contribution in [0.25, 0.3) is 0 Å². The summed E-state index contributed by atoms with van der Waals surface area (Å²) in [6, 6.07) is 5.44. The smallest absolute Gasteiger partial charge is 0.454 e. The van der Waals surface area contributed by atoms with Gasteiger partial charge in [0, 0.05) is 45.8 Å². The fourth-order valence-corrected chi connectivity index (χ4v) is 4.40. The van der Waals surface area contributed by atoms with Crippen molar-refractivity contribution in [3.05, 3.63) is 50.7 Å². The highest BCUT2D eigenvalue weighted by Crippen LogP contribution is 2.44. The molecule has 1 unspecified atom stereocenters. The molecule has 12 nitrogen and oxygen atoms in total. The maximum Gasteiger partial charge on any atom is 0.493 e. The number of hydroxylamine groups is 1. The van der Waals surface area contributed by atoms with Crippen LogP contribution in [-0.2, 0) is 39.9 Å². The van der Waals surface area contributed by atoms with E-state index in [0.29, 0.717) is 22.7 Å². The topological polar surface area (TPSA) is 118 Å². The van der Waals surface area contributed by atoms with E-state index >= 15 is 0 Å². The minimum absolute atomic E-state index is 0.0523. The van der Waals surface area contributed by atoms with Crippen LogP contribution in [0, 0.1) is 0 Å². The number of esters is 1. The van der Waals surface area contributed by atoms with Crippen molar-refractivity contribution in [3.63, 3.8) is 0 Å². The lowest BCUT2D eigenvalue weighted by Gasteiger charge is -2.41. The predicted octanol–water partition coefficient (Wildman–Crippen LogP) is 0.857. The molecule has 0 amide bonds. The largest absolute Gasteiger partial charge is 0.493 e. The molecule has 2 aliphatic rings. The molecule has 0 radical (unpaired) electrons. The predicted molar refractivity (Wildman–Crippen MR) is 124 cm³/mol. The summed E-state index contributed by atoms with van der Waals surface area (Å²) in [6.07, 6.45) is -12.2. The molecule has 4 rings (SSSR count). The van der Waals surface area contributed by atoms with E-state index in [0.717, 1.165) is 23.6 Å². The van der Waals surface area contributed by atoms with E-state index in [1.165, 1.54) is 24.3 Å². The van der Waals surface area contributed by atoms with Gasteiger partial charge in [-0.15, -0.1) is 5.06 Å². The first-order valence-corrected chi connectivity index (χ1v) is 11.6. The highest BCUT2D eigenvalue weighted by Gasteiger charge is 2.51. The molecule has 1 N–H and O–H groups in total. The van der Waals surface area contributed by atoms with Crippen molar-refractivity contribution in [2.24, 2.45) is 14.1 Å². The Morgan fingerprint density at radius 3 is 2.15 bits per heavy atom. The minimum Gasteiger partial charge on any atom is -0.454 e. The first kappa shape index (κ1) is 28.9. The standard InChI is InChI=1S/C22H22F6N6O6/c1-30-15-14(16(35)31(2)20(30)38)33(13-6-4-3-5-12(13)11-39-17(36)21(23,24)25)19(32-9-7-29-8-10-32)34(15)40-18(37)22(26,27)28/h3-6,19,29H,7-11H2,1-2H3. The quantitative estimate of drug-likeness (QED) is 0.403. The number of anilines is 3. The SMILES string of the molecule is Cn1c2c(c(=O)n(C)c1=O)N(c1ccccc1COC(=O)C(F)(F)F)C(N1CCNCC1)N2OC(=O)C(F)(F)F. The van der Waals surface area contributed by atoms with E-state index in [1.54, 1.807) is 4.90 Å². The number of ether oxygens (including phenoxy) is 1. The van der Waals surface area contributed by atoms with Crippen LogP contribution in [0.2, 0.25) is 0 Å². The molecule has 1 saturated heterocycles. The summed E-state index contributed by atoms with van der Waals surface area (Å²) in [4.78, 5) is 57.1. The summed E-state index contributed by atoms with van der Waals surface area (Å²) >= 11 is 0. The number of benzene rings is 1. The van der Waals surface area contributed by atoms with Gasteiger partial charge in [0.15, 0.2) is 11.5 Å². The Hall–Kier alpha value is -4.06. The van der Waals surface area contributed by atoms with E-state index < -0.39 is 59.9 Å². The van der Waals surface area contributed by atoms with E-state index in [9.17, 15) is 45.5 Å². The Labute approximate surface area is 220 Å². The summed E-state index contributed by atoms with van der Waals surface area (Å²) < 4.78 is 84.2. The Kier molecular flexibility index (Phi) is 7.59. The van der Waals surface area contributed by atoms with Gasteiger partial charge in [-0.3, -0.25) is 23.7 Å². The van der Waals surface area contributed by atoms with Crippen LogP contribution < -0.4 is 26.5 Å². The summed E-state index contributed by atoms with van der Waals surface area (Å²) in [5, 5.41) is 3.53. The second kappa shape index (κ2) is 10.5. The van der Waals surface area contributed by atoms with Gasteiger partial charge in [-0.25, -0.2) is 14.4 Å². The number of carbonyl (C=O) groups is 2. The monoisotopic (exact) mass is 580 g/mol. The molecule has 40 heavy (non-hydrogen) atoms. The average molecular weight is 580 g/mol. The molecule has 1 aromatic heterocycles. The molecule has 218 valence electrons. The van der Waals surface area contributed by atoms with Crippen LogP contribution in [0.15, 0.2) is 33.9 Å². The molecule has 1 atom stereocenters. The van der Waals surface area contributed by atoms with Gasteiger partial charge in [0.25, 0.3) is 5.56 Å². The molecule has 1 fully saturated rings. The summed E-state index contributed by atoms with van der Waals surface area (Å²) in [5.74, 6) is -5.63. The number of aromatic nitrogens is 2. The van der Waals surface area contributed by atoms with Crippen LogP contribution in [-0.4, -0.2) is 70.8 Å². The zero-order valence-electron chi connectivity index (χ0n) is 20.9. The second-order valence-corrected chi connectivity index (χ2v) is 8.79. The number of rotatable bonds is 5. The number of hydrogen-bond acceptors (Lipinski definition) is 10. The highest BCUT2D eigenvalue weighted by molar-refractivity contribution is 5.84. The minimum atomic E-state index is -5.45. The number of nitrogens with one attached hydrogen (secondary N) is 1. The van der Waals surface area contributed by atoms with E-state index in [2.05, 4.69) is 10.1 Å². The molecule has 1 aromatic carbocycles. The maximum atomic E-state index is 13.4. The number of para-hydroxylation sites is 1. The molecular weight excluding hydrogens is 558 g/mol. The summed E-state index contributed by atoms with van der Waals surface area (Å²) in [6.45, 7) is 0.0690. The first-order valence-electron chi connectivity index (χ1n) is 11.6. The number of halogens is 6. The van der Waals surface area contributed by atoms with Crippen LogP contribution in [0.4, 0.5) is 43.5 Å². The van der Waals surface area contributed by atoms with Crippen LogP contribution in [0.1, 0.15) is 5.56 Å². The van der Waals surface area contributed by atoms with Gasteiger partial charge in [0.2, 0.25) is 6.29 Å². The molecule has 2 aromatic rings. The van der Waals surface area contributed by atoms with Gasteiger partial charge in [-0.05, 0) is 6.07 Å². The third kappa shape index (κ3) is 5.23. The van der Waals surface area contributed by atoms with Crippen molar-refractivity contribution in [2.45, 2.75) is 25.2 Å². The molecule has 0 saturated carbocycles. The second-order valence-electron chi connectivity index (χ2n) is 8.79. The van der Waals surface area contributed by atoms with Crippen molar-refractivity contribution in [2.75, 3.05) is 36.1 Å². The number of alkyl halides is 6. The van der Waals surface area contributed by atoms with Gasteiger partial charge in [-0.2, -0.15) is 26.3 Å². The Morgan fingerprint density at radius 2 is 1.55 bits per heavy atom. The van der Waals surface area contributed by atoms with Gasteiger partial charge < -0.3 is 14.9 Å². The van der Waals surface area contributed by atoms with E-state index in [4.69, 9.17) is 4.84 Å². The molecular formula is C22H22F6N6O6. The lowest BCUT2D eigenvalue weighted by Crippen LogP contribution is -2.60.